The van der Waals surface area contributed by atoms with Gasteiger partial charge >= 0.3 is 11.9 Å². The van der Waals surface area contributed by atoms with E-state index in [1.54, 1.807) is 0 Å². The van der Waals surface area contributed by atoms with Crippen molar-refractivity contribution in [2.24, 2.45) is 0 Å². The SMILES string of the molecule is CC/C=C\C/C=C\C/C=C\C/C=C\C/C=C\CCCCCCCCCCCCCCCCCC(=O)OC(COC(=O)CCCCCCCCCCCCCCCCCCCCCCCC)COC(OCC[N+](C)(C)C)C(=O)[O-]. The Bertz CT molecular complexity index is 1460. The zero-order chi connectivity index (χ0) is 56.9. The number of carbonyl (C=O) groups excluding carboxylic acids is 3. The number of carboxylic acids is 1. The van der Waals surface area contributed by atoms with E-state index in [0.717, 1.165) is 64.2 Å². The number of hydrogen-bond donors (Lipinski definition) is 0. The summed E-state index contributed by atoms with van der Waals surface area (Å²) in [5.41, 5.74) is 0. The van der Waals surface area contributed by atoms with Gasteiger partial charge in [-0.15, -0.1) is 0 Å². The van der Waals surface area contributed by atoms with Gasteiger partial charge < -0.3 is 33.3 Å². The van der Waals surface area contributed by atoms with E-state index in [1.807, 2.05) is 21.1 Å². The molecule has 0 fully saturated rings. The van der Waals surface area contributed by atoms with Gasteiger partial charge in [-0.3, -0.25) is 9.59 Å². The van der Waals surface area contributed by atoms with Crippen molar-refractivity contribution in [1.29, 1.82) is 0 Å². The maximum atomic E-state index is 12.9. The number of unbranched alkanes of at least 4 members (excludes halogenated alkanes) is 36. The number of nitrogens with zero attached hydrogens (tertiary/aromatic N) is 1. The molecule has 0 aromatic heterocycles. The number of esters is 2. The lowest BCUT2D eigenvalue weighted by molar-refractivity contribution is -0.870. The van der Waals surface area contributed by atoms with Crippen molar-refractivity contribution in [3.63, 3.8) is 0 Å². The molecule has 0 saturated heterocycles. The molecule has 0 N–H and O–H groups in total. The predicted molar refractivity (Wildman–Crippen MR) is 329 cm³/mol. The number of hydrogen-bond acceptors (Lipinski definition) is 8. The summed E-state index contributed by atoms with van der Waals surface area (Å²) in [6.07, 6.45) is 74.3. The number of allylic oxidation sites excluding steroid dienone is 10. The van der Waals surface area contributed by atoms with E-state index in [0.29, 0.717) is 23.9 Å². The van der Waals surface area contributed by atoms with Crippen molar-refractivity contribution in [3.05, 3.63) is 60.8 Å². The second-order valence-corrected chi connectivity index (χ2v) is 23.4. The number of quaternary nitrogens is 1. The lowest BCUT2D eigenvalue weighted by Crippen LogP contribution is -2.44. The lowest BCUT2D eigenvalue weighted by atomic mass is 10.0. The summed E-state index contributed by atoms with van der Waals surface area (Å²) in [6.45, 7) is 4.68. The first-order valence-corrected chi connectivity index (χ1v) is 32.9. The third-order valence-electron chi connectivity index (χ3n) is 14.5. The molecule has 78 heavy (non-hydrogen) atoms. The second kappa shape index (κ2) is 60.1. The van der Waals surface area contributed by atoms with Gasteiger partial charge in [-0.1, -0.05) is 293 Å². The first-order valence-electron chi connectivity index (χ1n) is 32.9. The Morgan fingerprint density at radius 1 is 0.397 bits per heavy atom. The number of likely N-dealkylation sites (N-methyl/N-ethyl adjacent to an activating group) is 1. The van der Waals surface area contributed by atoms with Gasteiger partial charge in [0.2, 0.25) is 0 Å². The molecule has 454 valence electrons. The predicted octanol–water partition coefficient (Wildman–Crippen LogP) is 18.6. The minimum absolute atomic E-state index is 0.149. The van der Waals surface area contributed by atoms with Crippen LogP contribution in [-0.4, -0.2) is 82.3 Å². The molecule has 9 heteroatoms. The Labute approximate surface area is 482 Å². The minimum Gasteiger partial charge on any atom is -0.545 e. The summed E-state index contributed by atoms with van der Waals surface area (Å²) in [6, 6.07) is 0. The normalized spacial score (nSPS) is 13.1. The van der Waals surface area contributed by atoms with Crippen LogP contribution in [0, 0.1) is 0 Å². The number of rotatable bonds is 61. The average Bonchev–Trinajstić information content (AvgIpc) is 3.41. The molecule has 0 aromatic rings. The molecule has 0 aliphatic heterocycles. The van der Waals surface area contributed by atoms with Crippen LogP contribution in [0.5, 0.6) is 0 Å². The van der Waals surface area contributed by atoms with E-state index in [1.165, 1.54) is 205 Å². The number of aliphatic carboxylic acids is 1. The van der Waals surface area contributed by atoms with Crippen molar-refractivity contribution in [2.45, 2.75) is 315 Å². The van der Waals surface area contributed by atoms with Crippen LogP contribution in [0.2, 0.25) is 0 Å². The molecular weight excluding hydrogens is 971 g/mol. The third-order valence-corrected chi connectivity index (χ3v) is 14.5. The zero-order valence-electron chi connectivity index (χ0n) is 51.8. The second-order valence-electron chi connectivity index (χ2n) is 23.4. The van der Waals surface area contributed by atoms with Gasteiger partial charge in [0.05, 0.1) is 40.3 Å². The van der Waals surface area contributed by atoms with Gasteiger partial charge in [-0.2, -0.15) is 0 Å². The Morgan fingerprint density at radius 2 is 0.731 bits per heavy atom. The fourth-order valence-electron chi connectivity index (χ4n) is 9.51. The van der Waals surface area contributed by atoms with Crippen LogP contribution in [0.15, 0.2) is 60.8 Å². The topological polar surface area (TPSA) is 111 Å². The van der Waals surface area contributed by atoms with E-state index < -0.39 is 24.3 Å². The lowest BCUT2D eigenvalue weighted by Gasteiger charge is -2.26. The first-order chi connectivity index (χ1) is 38.1. The molecule has 2 unspecified atom stereocenters. The van der Waals surface area contributed by atoms with Crippen LogP contribution in [-0.2, 0) is 33.3 Å². The highest BCUT2D eigenvalue weighted by molar-refractivity contribution is 5.70. The fourth-order valence-corrected chi connectivity index (χ4v) is 9.51. The first kappa shape index (κ1) is 75.0. The molecule has 0 bridgehead atoms. The number of carbonyl (C=O) groups is 3. The van der Waals surface area contributed by atoms with Crippen molar-refractivity contribution < 1.29 is 42.9 Å². The van der Waals surface area contributed by atoms with E-state index in [4.69, 9.17) is 18.9 Å². The van der Waals surface area contributed by atoms with Crippen LogP contribution in [0.25, 0.3) is 0 Å². The van der Waals surface area contributed by atoms with Crippen LogP contribution >= 0.6 is 0 Å². The van der Waals surface area contributed by atoms with Crippen LogP contribution in [0.3, 0.4) is 0 Å². The van der Waals surface area contributed by atoms with E-state index in [-0.39, 0.29) is 32.2 Å². The Kier molecular flexibility index (Phi) is 57.8. The van der Waals surface area contributed by atoms with Crippen LogP contribution in [0.4, 0.5) is 0 Å². The standard InChI is InChI=1S/C69H125NO8/c1-6-8-10-12-14-16-18-20-22-24-26-28-30-31-32-33-34-35-36-37-38-40-42-44-46-48-50-52-54-56-58-60-67(72)78-65(64-77-69(68(73)74)75-62-61-70(3,4)5)63-76-66(71)59-57-55-53-51-49-47-45-43-41-39-29-27-25-23-21-19-17-15-13-11-9-7-2/h8,10,14,16,20,22,26,28,31-32,65,69H,6-7,9,11-13,15,17-19,21,23-25,27,29-30,33-64H2,1-5H3/b10-8-,16-14-,22-20-,28-26-,32-31-. The molecule has 0 aromatic carbocycles. The maximum absolute atomic E-state index is 12.9. The maximum Gasteiger partial charge on any atom is 0.306 e. The van der Waals surface area contributed by atoms with E-state index >= 15 is 0 Å². The quantitative estimate of drug-likeness (QED) is 0.0195. The Morgan fingerprint density at radius 3 is 1.09 bits per heavy atom. The molecule has 0 amide bonds. The van der Waals surface area contributed by atoms with Crippen molar-refractivity contribution in [2.75, 3.05) is 47.5 Å². The van der Waals surface area contributed by atoms with Crippen LogP contribution < -0.4 is 5.11 Å². The fraction of sp³-hybridized carbons (Fsp3) is 0.812. The number of carboxylic acid groups (broad SMARTS) is 1. The highest BCUT2D eigenvalue weighted by Gasteiger charge is 2.22. The third kappa shape index (κ3) is 60.6. The van der Waals surface area contributed by atoms with E-state index in [2.05, 4.69) is 74.6 Å². The molecule has 0 heterocycles. The van der Waals surface area contributed by atoms with E-state index in [9.17, 15) is 19.5 Å². The molecule has 0 saturated carbocycles. The van der Waals surface area contributed by atoms with Gasteiger partial charge in [0, 0.05) is 12.8 Å². The highest BCUT2D eigenvalue weighted by Crippen LogP contribution is 2.18. The number of ether oxygens (including phenoxy) is 4. The molecule has 9 nitrogen and oxygen atoms in total. The molecule has 0 rings (SSSR count). The van der Waals surface area contributed by atoms with Crippen molar-refractivity contribution >= 4 is 17.9 Å². The summed E-state index contributed by atoms with van der Waals surface area (Å²) in [5, 5.41) is 11.8. The van der Waals surface area contributed by atoms with Gasteiger partial charge in [-0.05, 0) is 57.8 Å². The summed E-state index contributed by atoms with van der Waals surface area (Å²) >= 11 is 0. The molecule has 0 aliphatic rings. The largest absolute Gasteiger partial charge is 0.545 e. The van der Waals surface area contributed by atoms with Gasteiger partial charge in [-0.25, -0.2) is 0 Å². The molecule has 0 spiro atoms. The Hall–Kier alpha value is -3.01. The summed E-state index contributed by atoms with van der Waals surface area (Å²) in [7, 11) is 5.94. The smallest absolute Gasteiger partial charge is 0.306 e. The van der Waals surface area contributed by atoms with Gasteiger partial charge in [0.1, 0.15) is 13.2 Å². The monoisotopic (exact) mass is 1100 g/mol. The summed E-state index contributed by atoms with van der Waals surface area (Å²) in [5.74, 6) is -2.26. The molecule has 0 radical (unpaired) electrons. The van der Waals surface area contributed by atoms with Gasteiger partial charge in [0.25, 0.3) is 0 Å². The molecule has 2 atom stereocenters. The van der Waals surface area contributed by atoms with Crippen molar-refractivity contribution in [3.8, 4) is 0 Å². The molecular formula is C69H125NO8. The summed E-state index contributed by atoms with van der Waals surface area (Å²) < 4.78 is 22.8. The van der Waals surface area contributed by atoms with Crippen LogP contribution in [0.1, 0.15) is 303 Å². The molecule has 0 aliphatic carbocycles. The van der Waals surface area contributed by atoms with Gasteiger partial charge in [0.15, 0.2) is 12.4 Å². The highest BCUT2D eigenvalue weighted by atomic mass is 16.7. The minimum atomic E-state index is -1.62. The Balaban J connectivity index is 4.12. The zero-order valence-corrected chi connectivity index (χ0v) is 51.8. The summed E-state index contributed by atoms with van der Waals surface area (Å²) in [4.78, 5) is 37.4. The van der Waals surface area contributed by atoms with Crippen molar-refractivity contribution in [1.82, 2.24) is 0 Å². The average molecular weight is 1100 g/mol.